The van der Waals surface area contributed by atoms with Gasteiger partial charge in [-0.05, 0) is 35.0 Å². The highest BCUT2D eigenvalue weighted by molar-refractivity contribution is 9.10. The molecule has 0 aliphatic carbocycles. The van der Waals surface area contributed by atoms with Crippen molar-refractivity contribution >= 4 is 21.8 Å². The molecule has 1 aliphatic rings. The molecule has 1 aliphatic heterocycles. The largest absolute Gasteiger partial charge is 0.395 e. The van der Waals surface area contributed by atoms with Gasteiger partial charge in [-0.1, -0.05) is 0 Å². The van der Waals surface area contributed by atoms with E-state index in [1.807, 2.05) is 0 Å². The number of aliphatic hydroxyl groups is 1. The Morgan fingerprint density at radius 2 is 2.05 bits per heavy atom. The van der Waals surface area contributed by atoms with Gasteiger partial charge in [-0.25, -0.2) is 0 Å². The van der Waals surface area contributed by atoms with Crippen LogP contribution in [0.4, 0.5) is 0 Å². The van der Waals surface area contributed by atoms with Gasteiger partial charge in [0.25, 0.3) is 5.56 Å². The first-order chi connectivity index (χ1) is 10.1. The molecular weight excluding hydrogens is 338 g/mol. The number of pyridine rings is 1. The van der Waals surface area contributed by atoms with Crippen LogP contribution in [0.2, 0.25) is 0 Å². The van der Waals surface area contributed by atoms with E-state index in [0.29, 0.717) is 19.6 Å². The van der Waals surface area contributed by atoms with E-state index < -0.39 is 0 Å². The highest BCUT2D eigenvalue weighted by Crippen LogP contribution is 2.07. The van der Waals surface area contributed by atoms with Crippen LogP contribution in [0, 0.1) is 0 Å². The molecule has 1 amide bonds. The van der Waals surface area contributed by atoms with Gasteiger partial charge in [0.05, 0.1) is 6.61 Å². The number of hydrogen-bond acceptors (Lipinski definition) is 4. The van der Waals surface area contributed by atoms with Crippen LogP contribution in [-0.2, 0) is 11.3 Å². The number of amides is 1. The summed E-state index contributed by atoms with van der Waals surface area (Å²) in [7, 11) is 0. The molecule has 0 aromatic carbocycles. The SMILES string of the molecule is O=C(Cn1cc(Br)ccc1=O)N1CCCN(CCO)CC1. The Kier molecular flexibility index (Phi) is 5.96. The second-order valence-corrected chi connectivity index (χ2v) is 6.03. The Morgan fingerprint density at radius 3 is 2.81 bits per heavy atom. The molecule has 0 unspecified atom stereocenters. The van der Waals surface area contributed by atoms with E-state index >= 15 is 0 Å². The van der Waals surface area contributed by atoms with Gasteiger partial charge in [-0.3, -0.25) is 14.5 Å². The van der Waals surface area contributed by atoms with Gasteiger partial charge >= 0.3 is 0 Å². The van der Waals surface area contributed by atoms with Gasteiger partial charge in [0.15, 0.2) is 0 Å². The quantitative estimate of drug-likeness (QED) is 0.832. The van der Waals surface area contributed by atoms with Crippen molar-refractivity contribution in [2.45, 2.75) is 13.0 Å². The number of rotatable bonds is 4. The van der Waals surface area contributed by atoms with Crippen molar-refractivity contribution in [2.75, 3.05) is 39.3 Å². The fourth-order valence-corrected chi connectivity index (χ4v) is 2.84. The second-order valence-electron chi connectivity index (χ2n) is 5.11. The predicted octanol–water partition coefficient (Wildman–Crippen LogP) is 0.137. The lowest BCUT2D eigenvalue weighted by molar-refractivity contribution is -0.131. The lowest BCUT2D eigenvalue weighted by Crippen LogP contribution is -2.39. The standard InChI is InChI=1S/C14H20BrN3O3/c15-12-2-3-13(20)18(10-12)11-14(21)17-5-1-4-16(6-7-17)8-9-19/h2-3,10,19H,1,4-9,11H2. The van der Waals surface area contributed by atoms with Gasteiger partial charge < -0.3 is 14.6 Å². The Labute approximate surface area is 132 Å². The van der Waals surface area contributed by atoms with Crippen LogP contribution in [0.25, 0.3) is 0 Å². The van der Waals surface area contributed by atoms with Crippen molar-refractivity contribution in [3.63, 3.8) is 0 Å². The maximum Gasteiger partial charge on any atom is 0.251 e. The zero-order valence-corrected chi connectivity index (χ0v) is 13.5. The zero-order valence-electron chi connectivity index (χ0n) is 11.9. The number of aromatic nitrogens is 1. The third kappa shape index (κ3) is 4.66. The number of hydrogen-bond donors (Lipinski definition) is 1. The molecule has 0 bridgehead atoms. The summed E-state index contributed by atoms with van der Waals surface area (Å²) in [6.07, 6.45) is 2.52. The maximum absolute atomic E-state index is 12.3. The summed E-state index contributed by atoms with van der Waals surface area (Å²) >= 11 is 3.30. The van der Waals surface area contributed by atoms with Crippen molar-refractivity contribution in [1.82, 2.24) is 14.4 Å². The van der Waals surface area contributed by atoms with Crippen LogP contribution in [0.3, 0.4) is 0 Å². The summed E-state index contributed by atoms with van der Waals surface area (Å²) in [6, 6.07) is 3.12. The van der Waals surface area contributed by atoms with E-state index in [-0.39, 0.29) is 24.6 Å². The summed E-state index contributed by atoms with van der Waals surface area (Å²) in [5.41, 5.74) is -0.178. The van der Waals surface area contributed by atoms with Gasteiger partial charge in [0.2, 0.25) is 5.91 Å². The van der Waals surface area contributed by atoms with Gasteiger partial charge in [0, 0.05) is 42.9 Å². The Balaban J connectivity index is 1.97. The lowest BCUT2D eigenvalue weighted by Gasteiger charge is -2.22. The van der Waals surface area contributed by atoms with Gasteiger partial charge in [0.1, 0.15) is 6.54 Å². The first-order valence-corrected chi connectivity index (χ1v) is 7.86. The molecule has 1 aromatic rings. The fraction of sp³-hybridized carbons (Fsp3) is 0.571. The van der Waals surface area contributed by atoms with Crippen LogP contribution in [0.1, 0.15) is 6.42 Å². The summed E-state index contributed by atoms with van der Waals surface area (Å²) in [4.78, 5) is 28.0. The number of β-amino-alcohol motifs (C(OH)–C–C–N with tert-alkyl or cyclic N) is 1. The summed E-state index contributed by atoms with van der Waals surface area (Å²) < 4.78 is 2.20. The van der Waals surface area contributed by atoms with Crippen LogP contribution >= 0.6 is 15.9 Å². The van der Waals surface area contributed by atoms with Gasteiger partial charge in [-0.2, -0.15) is 0 Å². The number of halogens is 1. The van der Waals surface area contributed by atoms with E-state index in [9.17, 15) is 9.59 Å². The molecule has 1 saturated heterocycles. The number of carbonyl (C=O) groups excluding carboxylic acids is 1. The molecule has 2 heterocycles. The molecule has 1 aromatic heterocycles. The molecule has 116 valence electrons. The molecule has 0 radical (unpaired) electrons. The highest BCUT2D eigenvalue weighted by Gasteiger charge is 2.19. The minimum atomic E-state index is -0.178. The van der Waals surface area contributed by atoms with Crippen molar-refractivity contribution in [3.05, 3.63) is 33.2 Å². The molecule has 0 spiro atoms. The fourth-order valence-electron chi connectivity index (χ4n) is 2.46. The summed E-state index contributed by atoms with van der Waals surface area (Å²) in [5.74, 6) is -0.0407. The number of carbonyl (C=O) groups is 1. The van der Waals surface area contributed by atoms with E-state index in [1.165, 1.54) is 10.6 Å². The molecule has 6 nitrogen and oxygen atoms in total. The monoisotopic (exact) mass is 357 g/mol. The van der Waals surface area contributed by atoms with E-state index in [2.05, 4.69) is 20.8 Å². The van der Waals surface area contributed by atoms with Crippen LogP contribution in [-0.4, -0.2) is 64.7 Å². The molecule has 2 rings (SSSR count). The Bertz CT molecular complexity index is 547. The topological polar surface area (TPSA) is 65.8 Å². The van der Waals surface area contributed by atoms with Crippen molar-refractivity contribution < 1.29 is 9.90 Å². The van der Waals surface area contributed by atoms with Gasteiger partial charge in [-0.15, -0.1) is 0 Å². The molecule has 1 fully saturated rings. The van der Waals surface area contributed by atoms with Crippen LogP contribution in [0.5, 0.6) is 0 Å². The summed E-state index contributed by atoms with van der Waals surface area (Å²) in [6.45, 7) is 3.85. The van der Waals surface area contributed by atoms with E-state index in [4.69, 9.17) is 5.11 Å². The molecule has 0 saturated carbocycles. The average Bonchev–Trinajstić information content (AvgIpc) is 2.69. The minimum Gasteiger partial charge on any atom is -0.395 e. The first-order valence-electron chi connectivity index (χ1n) is 7.07. The van der Waals surface area contributed by atoms with Crippen LogP contribution in [0.15, 0.2) is 27.6 Å². The van der Waals surface area contributed by atoms with Crippen molar-refractivity contribution in [2.24, 2.45) is 0 Å². The lowest BCUT2D eigenvalue weighted by atomic mass is 10.3. The Morgan fingerprint density at radius 1 is 1.24 bits per heavy atom. The average molecular weight is 358 g/mol. The Hall–Kier alpha value is -1.18. The second kappa shape index (κ2) is 7.72. The van der Waals surface area contributed by atoms with Crippen LogP contribution < -0.4 is 5.56 Å². The van der Waals surface area contributed by atoms with Crippen molar-refractivity contribution in [3.8, 4) is 0 Å². The smallest absolute Gasteiger partial charge is 0.251 e. The van der Waals surface area contributed by atoms with Crippen molar-refractivity contribution in [1.29, 1.82) is 0 Å². The molecular formula is C14H20BrN3O3. The van der Waals surface area contributed by atoms with E-state index in [1.54, 1.807) is 17.2 Å². The third-order valence-electron chi connectivity index (χ3n) is 3.61. The third-order valence-corrected chi connectivity index (χ3v) is 4.08. The number of nitrogens with zero attached hydrogens (tertiary/aromatic N) is 3. The first kappa shape index (κ1) is 16.2. The molecule has 0 atom stereocenters. The van der Waals surface area contributed by atoms with E-state index in [0.717, 1.165) is 24.0 Å². The number of aliphatic hydroxyl groups excluding tert-OH is 1. The zero-order chi connectivity index (χ0) is 15.2. The highest BCUT2D eigenvalue weighted by atomic mass is 79.9. The maximum atomic E-state index is 12.3. The molecule has 7 heteroatoms. The minimum absolute atomic E-state index is 0.0407. The normalized spacial score (nSPS) is 16.8. The summed E-state index contributed by atoms with van der Waals surface area (Å²) in [5, 5.41) is 8.97. The molecule has 21 heavy (non-hydrogen) atoms. The molecule has 1 N–H and O–H groups in total. The predicted molar refractivity (Wildman–Crippen MR) is 83.1 cm³/mol.